The first-order chi connectivity index (χ1) is 10.2. The maximum absolute atomic E-state index is 9.41. The fraction of sp³-hybridized carbons (Fsp3) is 0.368. The molecule has 2 heteroatoms. The summed E-state index contributed by atoms with van der Waals surface area (Å²) in [7, 11) is 0. The van der Waals surface area contributed by atoms with Crippen LogP contribution < -0.4 is 5.32 Å². The molecule has 1 aliphatic rings. The van der Waals surface area contributed by atoms with Crippen LogP contribution in [0.2, 0.25) is 0 Å². The minimum absolute atomic E-state index is 0.335. The Balaban J connectivity index is 1.73. The number of phenolic OH excluding ortho intramolecular Hbond substituents is 1. The smallest absolute Gasteiger partial charge is 0.115 e. The summed E-state index contributed by atoms with van der Waals surface area (Å²) in [5, 5.41) is 13.1. The maximum Gasteiger partial charge on any atom is 0.115 e. The zero-order chi connectivity index (χ0) is 14.7. The van der Waals surface area contributed by atoms with Crippen LogP contribution >= 0.6 is 0 Å². The van der Waals surface area contributed by atoms with Crippen molar-refractivity contribution >= 4 is 0 Å². The minimum Gasteiger partial charge on any atom is -0.508 e. The maximum atomic E-state index is 9.41. The molecule has 1 saturated carbocycles. The molecule has 1 atom stereocenters. The number of aromatic hydroxyl groups is 1. The summed E-state index contributed by atoms with van der Waals surface area (Å²) in [4.78, 5) is 0. The number of benzene rings is 2. The first kappa shape index (κ1) is 14.2. The van der Waals surface area contributed by atoms with Gasteiger partial charge in [0.15, 0.2) is 0 Å². The van der Waals surface area contributed by atoms with Crippen LogP contribution in [-0.4, -0.2) is 17.7 Å². The lowest BCUT2D eigenvalue weighted by molar-refractivity contribution is 0.475. The number of hydrogen-bond donors (Lipinski definition) is 2. The Morgan fingerprint density at radius 3 is 2.33 bits per heavy atom. The van der Waals surface area contributed by atoms with Gasteiger partial charge in [-0.15, -0.1) is 0 Å². The van der Waals surface area contributed by atoms with Gasteiger partial charge in [0.1, 0.15) is 5.75 Å². The van der Waals surface area contributed by atoms with Crippen LogP contribution in [0.4, 0.5) is 0 Å². The van der Waals surface area contributed by atoms with Gasteiger partial charge in [0, 0.05) is 18.5 Å². The molecule has 110 valence electrons. The molecule has 0 heterocycles. The number of hydrogen-bond acceptors (Lipinski definition) is 2. The molecule has 2 N–H and O–H groups in total. The van der Waals surface area contributed by atoms with Gasteiger partial charge in [-0.3, -0.25) is 0 Å². The van der Waals surface area contributed by atoms with E-state index in [0.29, 0.717) is 11.7 Å². The Morgan fingerprint density at radius 1 is 1.05 bits per heavy atom. The highest BCUT2D eigenvalue weighted by Gasteiger charge is 2.22. The second-order valence-electron chi connectivity index (χ2n) is 6.16. The molecule has 3 rings (SSSR count). The van der Waals surface area contributed by atoms with Crippen LogP contribution in [0.25, 0.3) is 0 Å². The summed E-state index contributed by atoms with van der Waals surface area (Å²) in [6.07, 6.45) is 3.64. The molecule has 0 amide bonds. The molecule has 1 fully saturated rings. The molecule has 0 aliphatic heterocycles. The molecule has 0 saturated heterocycles. The normalized spacial score (nSPS) is 15.9. The monoisotopic (exact) mass is 281 g/mol. The minimum atomic E-state index is 0.335. The standard InChI is InChI=1S/C19H23NO/c1-14-2-6-16(7-3-14)17(13-20-18-8-9-18)12-15-4-10-19(21)11-5-15/h2-7,10-11,17-18,20-21H,8-9,12-13H2,1H3. The average Bonchev–Trinajstić information content (AvgIpc) is 3.31. The fourth-order valence-electron chi connectivity index (χ4n) is 2.66. The Hall–Kier alpha value is -1.80. The molecule has 0 radical (unpaired) electrons. The van der Waals surface area contributed by atoms with E-state index in [0.717, 1.165) is 19.0 Å². The molecule has 2 nitrogen and oxygen atoms in total. The fourth-order valence-corrected chi connectivity index (χ4v) is 2.66. The van der Waals surface area contributed by atoms with Gasteiger partial charge < -0.3 is 10.4 Å². The highest BCUT2D eigenvalue weighted by molar-refractivity contribution is 5.30. The summed E-state index contributed by atoms with van der Waals surface area (Å²) in [5.41, 5.74) is 3.97. The van der Waals surface area contributed by atoms with Crippen molar-refractivity contribution in [1.82, 2.24) is 5.32 Å². The predicted octanol–water partition coefficient (Wildman–Crippen LogP) is 3.78. The molecule has 2 aromatic carbocycles. The van der Waals surface area contributed by atoms with Crippen molar-refractivity contribution < 1.29 is 5.11 Å². The van der Waals surface area contributed by atoms with E-state index in [4.69, 9.17) is 0 Å². The van der Waals surface area contributed by atoms with Crippen molar-refractivity contribution in [2.75, 3.05) is 6.54 Å². The lowest BCUT2D eigenvalue weighted by Gasteiger charge is -2.19. The summed E-state index contributed by atoms with van der Waals surface area (Å²) in [6, 6.07) is 17.2. The van der Waals surface area contributed by atoms with Gasteiger partial charge in [-0.25, -0.2) is 0 Å². The Morgan fingerprint density at radius 2 is 1.71 bits per heavy atom. The molecule has 1 aliphatic carbocycles. The van der Waals surface area contributed by atoms with Gasteiger partial charge >= 0.3 is 0 Å². The second-order valence-corrected chi connectivity index (χ2v) is 6.16. The molecule has 21 heavy (non-hydrogen) atoms. The molecule has 0 bridgehead atoms. The number of nitrogens with one attached hydrogen (secondary N) is 1. The van der Waals surface area contributed by atoms with Crippen LogP contribution in [-0.2, 0) is 6.42 Å². The van der Waals surface area contributed by atoms with Crippen LogP contribution in [0.15, 0.2) is 48.5 Å². The van der Waals surface area contributed by atoms with Crippen molar-refractivity contribution in [2.45, 2.75) is 38.1 Å². The Labute approximate surface area is 126 Å². The lowest BCUT2D eigenvalue weighted by atomic mass is 9.91. The first-order valence-corrected chi connectivity index (χ1v) is 7.78. The van der Waals surface area contributed by atoms with E-state index in [1.54, 1.807) is 12.1 Å². The number of aryl methyl sites for hydroxylation is 1. The quantitative estimate of drug-likeness (QED) is 0.844. The predicted molar refractivity (Wildman–Crippen MR) is 86.8 cm³/mol. The zero-order valence-corrected chi connectivity index (χ0v) is 12.5. The van der Waals surface area contributed by atoms with Crippen molar-refractivity contribution in [3.05, 3.63) is 65.2 Å². The van der Waals surface area contributed by atoms with Crippen molar-refractivity contribution in [3.63, 3.8) is 0 Å². The molecular formula is C19H23NO. The Kier molecular flexibility index (Phi) is 4.26. The molecule has 2 aromatic rings. The van der Waals surface area contributed by atoms with Crippen LogP contribution in [0.3, 0.4) is 0 Å². The van der Waals surface area contributed by atoms with Crippen LogP contribution in [0.1, 0.15) is 35.4 Å². The van der Waals surface area contributed by atoms with E-state index in [2.05, 4.69) is 36.5 Å². The SMILES string of the molecule is Cc1ccc(C(CNC2CC2)Cc2ccc(O)cc2)cc1. The summed E-state index contributed by atoms with van der Waals surface area (Å²) in [5.74, 6) is 0.817. The third kappa shape index (κ3) is 4.08. The van der Waals surface area contributed by atoms with Crippen molar-refractivity contribution in [3.8, 4) is 5.75 Å². The van der Waals surface area contributed by atoms with Gasteiger partial charge in [-0.1, -0.05) is 42.0 Å². The lowest BCUT2D eigenvalue weighted by Crippen LogP contribution is -2.24. The summed E-state index contributed by atoms with van der Waals surface area (Å²) >= 11 is 0. The van der Waals surface area contributed by atoms with E-state index >= 15 is 0 Å². The van der Waals surface area contributed by atoms with Crippen LogP contribution in [0.5, 0.6) is 5.75 Å². The van der Waals surface area contributed by atoms with Gasteiger partial charge in [-0.05, 0) is 49.4 Å². The zero-order valence-electron chi connectivity index (χ0n) is 12.5. The van der Waals surface area contributed by atoms with E-state index in [1.165, 1.54) is 29.5 Å². The van der Waals surface area contributed by atoms with E-state index in [-0.39, 0.29) is 0 Å². The van der Waals surface area contributed by atoms with Gasteiger partial charge in [0.2, 0.25) is 0 Å². The summed E-state index contributed by atoms with van der Waals surface area (Å²) < 4.78 is 0. The van der Waals surface area contributed by atoms with Crippen LogP contribution in [0, 0.1) is 6.92 Å². The number of rotatable bonds is 6. The molecule has 0 aromatic heterocycles. The van der Waals surface area contributed by atoms with Crippen molar-refractivity contribution in [1.29, 1.82) is 0 Å². The summed E-state index contributed by atoms with van der Waals surface area (Å²) in [6.45, 7) is 3.15. The van der Waals surface area contributed by atoms with E-state index in [9.17, 15) is 5.11 Å². The van der Waals surface area contributed by atoms with E-state index < -0.39 is 0 Å². The molecule has 0 spiro atoms. The number of phenols is 1. The third-order valence-corrected chi connectivity index (χ3v) is 4.20. The topological polar surface area (TPSA) is 32.3 Å². The largest absolute Gasteiger partial charge is 0.508 e. The molecular weight excluding hydrogens is 258 g/mol. The first-order valence-electron chi connectivity index (χ1n) is 7.78. The third-order valence-electron chi connectivity index (χ3n) is 4.20. The van der Waals surface area contributed by atoms with E-state index in [1.807, 2.05) is 12.1 Å². The molecule has 1 unspecified atom stereocenters. The second kappa shape index (κ2) is 6.31. The van der Waals surface area contributed by atoms with Gasteiger partial charge in [0.25, 0.3) is 0 Å². The highest BCUT2D eigenvalue weighted by atomic mass is 16.3. The van der Waals surface area contributed by atoms with Gasteiger partial charge in [0.05, 0.1) is 0 Å². The Bertz CT molecular complexity index is 570. The highest BCUT2D eigenvalue weighted by Crippen LogP contribution is 2.25. The van der Waals surface area contributed by atoms with Crippen molar-refractivity contribution in [2.24, 2.45) is 0 Å². The van der Waals surface area contributed by atoms with Gasteiger partial charge in [-0.2, -0.15) is 0 Å². The average molecular weight is 281 g/mol.